The number of nitrogens with one attached hydrogen (secondary N) is 1. The van der Waals surface area contributed by atoms with E-state index in [1.54, 1.807) is 12.1 Å². The van der Waals surface area contributed by atoms with Crippen molar-refractivity contribution in [3.8, 4) is 5.75 Å². The lowest BCUT2D eigenvalue weighted by Gasteiger charge is -2.32. The van der Waals surface area contributed by atoms with Crippen LogP contribution in [-0.4, -0.2) is 43.4 Å². The van der Waals surface area contributed by atoms with Crippen LogP contribution in [0.4, 0.5) is 5.69 Å². The topological polar surface area (TPSA) is 66.0 Å². The molecule has 0 aromatic heterocycles. The number of hydrogen-bond donors (Lipinski definition) is 1. The number of benzene rings is 1. The normalized spacial score (nSPS) is 25.5. The number of non-ortho nitro benzene ring substituents is 1. The first-order chi connectivity index (χ1) is 10.0. The summed E-state index contributed by atoms with van der Waals surface area (Å²) >= 11 is 0. The van der Waals surface area contributed by atoms with Gasteiger partial charge >= 0.3 is 0 Å². The van der Waals surface area contributed by atoms with E-state index in [1.807, 2.05) is 0 Å². The summed E-state index contributed by atoms with van der Waals surface area (Å²) in [6, 6.07) is 6.32. The van der Waals surface area contributed by atoms with E-state index in [0.29, 0.717) is 24.6 Å². The van der Waals surface area contributed by atoms with E-state index in [9.17, 15) is 10.1 Å². The van der Waals surface area contributed by atoms with Gasteiger partial charge in [0.05, 0.1) is 24.1 Å². The minimum Gasteiger partial charge on any atom is -0.493 e. The van der Waals surface area contributed by atoms with Crippen molar-refractivity contribution in [2.75, 3.05) is 26.2 Å². The van der Waals surface area contributed by atoms with Gasteiger partial charge in [-0.25, -0.2) is 0 Å². The van der Waals surface area contributed by atoms with Gasteiger partial charge in [-0.2, -0.15) is 0 Å². The molecule has 0 spiro atoms. The van der Waals surface area contributed by atoms with Crippen LogP contribution in [0.3, 0.4) is 0 Å². The van der Waals surface area contributed by atoms with Gasteiger partial charge in [0.1, 0.15) is 31.0 Å². The molecule has 116 valence electrons. The molecule has 0 unspecified atom stereocenters. The molecule has 1 heterocycles. The Morgan fingerprint density at radius 2 is 2.10 bits per heavy atom. The molecule has 1 aromatic carbocycles. The lowest BCUT2D eigenvalue weighted by molar-refractivity contribution is -0.915. The van der Waals surface area contributed by atoms with Crippen molar-refractivity contribution in [1.29, 1.82) is 0 Å². The highest BCUT2D eigenvalue weighted by molar-refractivity contribution is 5.37. The average Bonchev–Trinajstić information content (AvgIpc) is 2.43. The molecule has 2 atom stereocenters. The SMILES string of the molecule is C[C@H]1C[NH+](CCCOc2cccc([N+](=O)[O-])c2)C[C@H](C)O1. The molecular weight excluding hydrogens is 272 g/mol. The molecule has 1 fully saturated rings. The van der Waals surface area contributed by atoms with Crippen molar-refractivity contribution in [3.05, 3.63) is 34.4 Å². The Morgan fingerprint density at radius 1 is 1.38 bits per heavy atom. The van der Waals surface area contributed by atoms with E-state index in [2.05, 4.69) is 13.8 Å². The van der Waals surface area contributed by atoms with Crippen LogP contribution < -0.4 is 9.64 Å². The van der Waals surface area contributed by atoms with Crippen LogP contribution in [0.1, 0.15) is 20.3 Å². The zero-order valence-corrected chi connectivity index (χ0v) is 12.6. The van der Waals surface area contributed by atoms with E-state index in [0.717, 1.165) is 26.1 Å². The molecule has 1 aliphatic heterocycles. The van der Waals surface area contributed by atoms with E-state index in [-0.39, 0.29) is 5.69 Å². The summed E-state index contributed by atoms with van der Waals surface area (Å²) in [4.78, 5) is 11.8. The molecule has 1 saturated heterocycles. The first-order valence-electron chi connectivity index (χ1n) is 7.41. The Labute approximate surface area is 124 Å². The summed E-state index contributed by atoms with van der Waals surface area (Å²) in [5.74, 6) is 0.558. The van der Waals surface area contributed by atoms with Crippen LogP contribution in [0.5, 0.6) is 5.75 Å². The molecule has 1 aromatic rings. The van der Waals surface area contributed by atoms with Gasteiger partial charge in [-0.3, -0.25) is 10.1 Å². The summed E-state index contributed by atoms with van der Waals surface area (Å²) in [6.07, 6.45) is 1.54. The maximum atomic E-state index is 10.7. The van der Waals surface area contributed by atoms with Crippen LogP contribution in [0.2, 0.25) is 0 Å². The third-order valence-electron chi connectivity index (χ3n) is 3.59. The molecule has 0 saturated carbocycles. The average molecular weight is 295 g/mol. The minimum atomic E-state index is -0.409. The second kappa shape index (κ2) is 7.38. The number of quaternary nitrogens is 1. The zero-order chi connectivity index (χ0) is 15.2. The van der Waals surface area contributed by atoms with Crippen molar-refractivity contribution < 1.29 is 19.3 Å². The third kappa shape index (κ3) is 4.99. The fraction of sp³-hybridized carbons (Fsp3) is 0.600. The van der Waals surface area contributed by atoms with Gasteiger partial charge in [0.2, 0.25) is 0 Å². The molecule has 0 aliphatic carbocycles. The largest absolute Gasteiger partial charge is 0.493 e. The predicted molar refractivity (Wildman–Crippen MR) is 78.8 cm³/mol. The monoisotopic (exact) mass is 295 g/mol. The summed E-state index contributed by atoms with van der Waals surface area (Å²) in [5, 5.41) is 10.7. The number of morpholine rings is 1. The summed E-state index contributed by atoms with van der Waals surface area (Å²) < 4.78 is 11.3. The van der Waals surface area contributed by atoms with Crippen LogP contribution in [0.25, 0.3) is 0 Å². The molecule has 6 heteroatoms. The predicted octanol–water partition coefficient (Wildman–Crippen LogP) is 1.06. The lowest BCUT2D eigenvalue weighted by atomic mass is 10.2. The smallest absolute Gasteiger partial charge is 0.273 e. The molecule has 0 bridgehead atoms. The molecule has 21 heavy (non-hydrogen) atoms. The molecule has 1 aliphatic rings. The standard InChI is InChI=1S/C15H22N2O4/c1-12-10-16(11-13(2)21-12)7-4-8-20-15-6-3-5-14(9-15)17(18)19/h3,5-6,9,12-13H,4,7-8,10-11H2,1-2H3/p+1/t12-,13-/m0/s1. The van der Waals surface area contributed by atoms with Gasteiger partial charge in [-0.05, 0) is 19.9 Å². The lowest BCUT2D eigenvalue weighted by Crippen LogP contribution is -3.15. The Morgan fingerprint density at radius 3 is 2.76 bits per heavy atom. The number of hydrogen-bond acceptors (Lipinski definition) is 4. The highest BCUT2D eigenvalue weighted by Crippen LogP contribution is 2.18. The van der Waals surface area contributed by atoms with Crippen molar-refractivity contribution in [3.63, 3.8) is 0 Å². The van der Waals surface area contributed by atoms with Gasteiger partial charge in [-0.1, -0.05) is 6.07 Å². The molecule has 1 N–H and O–H groups in total. The maximum Gasteiger partial charge on any atom is 0.273 e. The summed E-state index contributed by atoms with van der Waals surface area (Å²) in [5.41, 5.74) is 0.0638. The summed E-state index contributed by atoms with van der Waals surface area (Å²) in [7, 11) is 0. The zero-order valence-electron chi connectivity index (χ0n) is 12.6. The first-order valence-corrected chi connectivity index (χ1v) is 7.41. The van der Waals surface area contributed by atoms with Crippen LogP contribution in [-0.2, 0) is 4.74 Å². The molecule has 0 amide bonds. The minimum absolute atomic E-state index is 0.0638. The number of nitrogens with zero attached hydrogens (tertiary/aromatic N) is 1. The second-order valence-electron chi connectivity index (χ2n) is 5.62. The van der Waals surface area contributed by atoms with Crippen molar-refractivity contribution in [1.82, 2.24) is 0 Å². The Bertz CT molecular complexity index is 470. The van der Waals surface area contributed by atoms with Gasteiger partial charge in [0.25, 0.3) is 5.69 Å². The van der Waals surface area contributed by atoms with Gasteiger partial charge < -0.3 is 14.4 Å². The van der Waals surface area contributed by atoms with Gasteiger partial charge in [0.15, 0.2) is 0 Å². The van der Waals surface area contributed by atoms with E-state index in [4.69, 9.17) is 9.47 Å². The van der Waals surface area contributed by atoms with Crippen LogP contribution in [0.15, 0.2) is 24.3 Å². The quantitative estimate of drug-likeness (QED) is 0.484. The molecular formula is C15H23N2O4+. The number of nitro benzene ring substituents is 1. The van der Waals surface area contributed by atoms with E-state index >= 15 is 0 Å². The Kier molecular flexibility index (Phi) is 5.52. The third-order valence-corrected chi connectivity index (χ3v) is 3.59. The second-order valence-corrected chi connectivity index (χ2v) is 5.62. The highest BCUT2D eigenvalue weighted by Gasteiger charge is 2.24. The number of nitro groups is 1. The number of ether oxygens (including phenoxy) is 2. The van der Waals surface area contributed by atoms with Crippen LogP contribution in [0, 0.1) is 10.1 Å². The first kappa shape index (κ1) is 15.7. The Hall–Kier alpha value is -1.66. The van der Waals surface area contributed by atoms with Gasteiger partial charge in [0, 0.05) is 12.5 Å². The van der Waals surface area contributed by atoms with Crippen molar-refractivity contribution in [2.24, 2.45) is 0 Å². The highest BCUT2D eigenvalue weighted by atomic mass is 16.6. The number of rotatable bonds is 6. The fourth-order valence-electron chi connectivity index (χ4n) is 2.79. The van der Waals surface area contributed by atoms with E-state index in [1.165, 1.54) is 17.0 Å². The van der Waals surface area contributed by atoms with Crippen LogP contribution >= 0.6 is 0 Å². The maximum absolute atomic E-state index is 10.7. The molecule has 6 nitrogen and oxygen atoms in total. The summed E-state index contributed by atoms with van der Waals surface area (Å²) in [6.45, 7) is 7.88. The fourth-order valence-corrected chi connectivity index (χ4v) is 2.79. The van der Waals surface area contributed by atoms with Gasteiger partial charge in [-0.15, -0.1) is 0 Å². The molecule has 0 radical (unpaired) electrons. The van der Waals surface area contributed by atoms with Crippen molar-refractivity contribution >= 4 is 5.69 Å². The molecule has 2 rings (SSSR count). The Balaban J connectivity index is 1.72. The van der Waals surface area contributed by atoms with E-state index < -0.39 is 4.92 Å². The van der Waals surface area contributed by atoms with Crippen molar-refractivity contribution in [2.45, 2.75) is 32.5 Å².